The lowest BCUT2D eigenvalue weighted by molar-refractivity contribution is -0.150. The molecule has 3 rings (SSSR count). The van der Waals surface area contributed by atoms with Gasteiger partial charge in [0.25, 0.3) is 15.9 Å². The molecule has 0 radical (unpaired) electrons. The summed E-state index contributed by atoms with van der Waals surface area (Å²) in [5.74, 6) is -1.60. The standard InChI is InChI=1S/C28H45N5O6S/c1-20-3-9-25(10-4-20)40(38,39)32-33(21(2)28(36)37)26(34)19-31-27(35)24(7-5-22-11-15-29-16-12-22)8-6-23-13-17-30-18-14-23/h3-4,9-10,21-24,29-30,32H,5-8,11-19H2,1-2H3,(H,31,35)(H,36,37). The molecule has 224 valence electrons. The predicted octanol–water partition coefficient (Wildman–Crippen LogP) is 1.78. The van der Waals surface area contributed by atoms with E-state index < -0.39 is 34.5 Å². The summed E-state index contributed by atoms with van der Waals surface area (Å²) in [4.78, 5) is 40.1. The Labute approximate surface area is 237 Å². The van der Waals surface area contributed by atoms with E-state index in [1.54, 1.807) is 19.1 Å². The van der Waals surface area contributed by atoms with Crippen LogP contribution < -0.4 is 20.8 Å². The van der Waals surface area contributed by atoms with Crippen LogP contribution in [-0.2, 0) is 24.4 Å². The van der Waals surface area contributed by atoms with Gasteiger partial charge < -0.3 is 21.1 Å². The summed E-state index contributed by atoms with van der Waals surface area (Å²) in [7, 11) is -4.23. The molecule has 5 N–H and O–H groups in total. The molecule has 2 aliphatic heterocycles. The molecule has 2 fully saturated rings. The molecular formula is C28H45N5O6S. The molecule has 0 spiro atoms. The second-order valence-electron chi connectivity index (χ2n) is 11.1. The molecule has 1 aromatic carbocycles. The molecule has 1 aromatic rings. The molecule has 2 saturated heterocycles. The van der Waals surface area contributed by atoms with E-state index >= 15 is 0 Å². The zero-order valence-corrected chi connectivity index (χ0v) is 24.5. The van der Waals surface area contributed by atoms with Gasteiger partial charge in [0.2, 0.25) is 5.91 Å². The summed E-state index contributed by atoms with van der Waals surface area (Å²) in [5.41, 5.74) is 0.850. The molecule has 2 heterocycles. The number of piperidine rings is 2. The van der Waals surface area contributed by atoms with E-state index in [0.29, 0.717) is 16.8 Å². The lowest BCUT2D eigenvalue weighted by atomic mass is 9.84. The Balaban J connectivity index is 1.64. The number of carbonyl (C=O) groups is 3. The molecule has 11 nitrogen and oxygen atoms in total. The number of hydrazine groups is 1. The number of nitrogens with zero attached hydrogens (tertiary/aromatic N) is 1. The Morgan fingerprint density at radius 1 is 0.950 bits per heavy atom. The van der Waals surface area contributed by atoms with Gasteiger partial charge in [-0.15, -0.1) is 4.83 Å². The summed E-state index contributed by atoms with van der Waals surface area (Å²) in [6, 6.07) is 4.48. The van der Waals surface area contributed by atoms with Crippen molar-refractivity contribution in [3.05, 3.63) is 29.8 Å². The van der Waals surface area contributed by atoms with Gasteiger partial charge in [-0.1, -0.05) is 17.7 Å². The van der Waals surface area contributed by atoms with Crippen molar-refractivity contribution in [2.45, 2.75) is 76.2 Å². The van der Waals surface area contributed by atoms with Gasteiger partial charge in [0.15, 0.2) is 0 Å². The van der Waals surface area contributed by atoms with Gasteiger partial charge in [0.05, 0.1) is 11.4 Å². The highest BCUT2D eigenvalue weighted by Gasteiger charge is 2.31. The molecule has 40 heavy (non-hydrogen) atoms. The summed E-state index contributed by atoms with van der Waals surface area (Å²) in [5, 5.41) is 19.5. The molecule has 0 saturated carbocycles. The first kappa shape index (κ1) is 32.0. The highest BCUT2D eigenvalue weighted by atomic mass is 32.2. The van der Waals surface area contributed by atoms with Crippen LogP contribution in [0.2, 0.25) is 0 Å². The average molecular weight is 580 g/mol. The summed E-state index contributed by atoms with van der Waals surface area (Å²) in [6.07, 6.45) is 7.69. The summed E-state index contributed by atoms with van der Waals surface area (Å²) < 4.78 is 25.8. The van der Waals surface area contributed by atoms with Crippen molar-refractivity contribution in [2.24, 2.45) is 17.8 Å². The number of carboxylic acid groups (broad SMARTS) is 1. The topological polar surface area (TPSA) is 157 Å². The predicted molar refractivity (Wildman–Crippen MR) is 152 cm³/mol. The Morgan fingerprint density at radius 3 is 1.93 bits per heavy atom. The van der Waals surface area contributed by atoms with E-state index in [4.69, 9.17) is 0 Å². The number of hydrogen-bond acceptors (Lipinski definition) is 7. The normalized spacial score (nSPS) is 17.9. The Kier molecular flexibility index (Phi) is 12.4. The summed E-state index contributed by atoms with van der Waals surface area (Å²) >= 11 is 0. The Bertz CT molecular complexity index is 1060. The molecule has 2 aliphatic rings. The van der Waals surface area contributed by atoms with Gasteiger partial charge in [0.1, 0.15) is 6.04 Å². The maximum absolute atomic E-state index is 13.3. The van der Waals surface area contributed by atoms with E-state index in [1.807, 2.05) is 0 Å². The van der Waals surface area contributed by atoms with Crippen LogP contribution in [0.15, 0.2) is 29.2 Å². The first-order chi connectivity index (χ1) is 19.1. The van der Waals surface area contributed by atoms with E-state index in [1.165, 1.54) is 19.1 Å². The fourth-order valence-corrected chi connectivity index (χ4v) is 6.49. The third kappa shape index (κ3) is 9.83. The second kappa shape index (κ2) is 15.5. The number of hydrogen-bond donors (Lipinski definition) is 5. The number of nitrogens with one attached hydrogen (secondary N) is 4. The minimum Gasteiger partial charge on any atom is -0.480 e. The minimum atomic E-state index is -4.23. The van der Waals surface area contributed by atoms with E-state index in [-0.39, 0.29) is 16.7 Å². The van der Waals surface area contributed by atoms with Crippen molar-refractivity contribution in [2.75, 3.05) is 32.7 Å². The highest BCUT2D eigenvalue weighted by molar-refractivity contribution is 7.89. The Hall–Kier alpha value is -2.54. The van der Waals surface area contributed by atoms with Crippen LogP contribution in [0.3, 0.4) is 0 Å². The number of aliphatic carboxylic acids is 1. The number of sulfonamides is 1. The molecule has 0 aliphatic carbocycles. The van der Waals surface area contributed by atoms with Crippen LogP contribution in [0.5, 0.6) is 0 Å². The molecule has 12 heteroatoms. The van der Waals surface area contributed by atoms with Gasteiger partial charge in [-0.05, 0) is 115 Å². The molecular weight excluding hydrogens is 534 g/mol. The largest absolute Gasteiger partial charge is 0.480 e. The first-order valence-corrected chi connectivity index (χ1v) is 15.9. The monoisotopic (exact) mass is 579 g/mol. The highest BCUT2D eigenvalue weighted by Crippen LogP contribution is 2.27. The van der Waals surface area contributed by atoms with Gasteiger partial charge in [-0.3, -0.25) is 9.59 Å². The third-order valence-electron chi connectivity index (χ3n) is 8.11. The van der Waals surface area contributed by atoms with Crippen LogP contribution in [0, 0.1) is 24.7 Å². The van der Waals surface area contributed by atoms with E-state index in [9.17, 15) is 27.9 Å². The quantitative estimate of drug-likeness (QED) is 0.209. The number of benzene rings is 1. The van der Waals surface area contributed by atoms with Crippen molar-refractivity contribution < 1.29 is 27.9 Å². The van der Waals surface area contributed by atoms with Crippen molar-refractivity contribution in [1.29, 1.82) is 0 Å². The van der Waals surface area contributed by atoms with Crippen LogP contribution in [0.4, 0.5) is 0 Å². The smallest absolute Gasteiger partial charge is 0.327 e. The maximum Gasteiger partial charge on any atom is 0.327 e. The van der Waals surface area contributed by atoms with Crippen LogP contribution in [-0.4, -0.2) is 75.1 Å². The van der Waals surface area contributed by atoms with Crippen molar-refractivity contribution >= 4 is 27.8 Å². The zero-order chi connectivity index (χ0) is 29.1. The Morgan fingerprint density at radius 2 is 1.45 bits per heavy atom. The molecule has 2 amide bonds. The zero-order valence-electron chi connectivity index (χ0n) is 23.7. The first-order valence-electron chi connectivity index (χ1n) is 14.4. The number of carbonyl (C=O) groups excluding carboxylic acids is 2. The molecule has 1 atom stereocenters. The fourth-order valence-electron chi connectivity index (χ4n) is 5.37. The van der Waals surface area contributed by atoms with E-state index in [0.717, 1.165) is 83.1 Å². The van der Waals surface area contributed by atoms with E-state index in [2.05, 4.69) is 20.8 Å². The lowest BCUT2D eigenvalue weighted by Gasteiger charge is -2.28. The van der Waals surface area contributed by atoms with Gasteiger partial charge in [0, 0.05) is 5.92 Å². The molecule has 1 unspecified atom stereocenters. The van der Waals surface area contributed by atoms with Crippen molar-refractivity contribution in [1.82, 2.24) is 25.8 Å². The number of amides is 2. The van der Waals surface area contributed by atoms with Crippen LogP contribution >= 0.6 is 0 Å². The third-order valence-corrected chi connectivity index (χ3v) is 9.44. The minimum absolute atomic E-state index is 0.103. The fraction of sp³-hybridized carbons (Fsp3) is 0.679. The van der Waals surface area contributed by atoms with Gasteiger partial charge in [-0.25, -0.2) is 18.2 Å². The number of carboxylic acids is 1. The lowest BCUT2D eigenvalue weighted by Crippen LogP contribution is -2.56. The maximum atomic E-state index is 13.3. The van der Waals surface area contributed by atoms with Crippen LogP contribution in [0.25, 0.3) is 0 Å². The molecule has 0 bridgehead atoms. The number of aryl methyl sites for hydroxylation is 1. The number of rotatable bonds is 14. The van der Waals surface area contributed by atoms with Crippen molar-refractivity contribution in [3.8, 4) is 0 Å². The second-order valence-corrected chi connectivity index (χ2v) is 12.8. The average Bonchev–Trinajstić information content (AvgIpc) is 2.95. The van der Waals surface area contributed by atoms with Gasteiger partial charge in [-0.2, -0.15) is 0 Å². The SMILES string of the molecule is Cc1ccc(S(=O)(=O)NN(C(=O)CNC(=O)C(CCC2CCNCC2)CCC2CCNCC2)C(C)C(=O)O)cc1. The van der Waals surface area contributed by atoms with Crippen molar-refractivity contribution in [3.63, 3.8) is 0 Å². The van der Waals surface area contributed by atoms with Crippen LogP contribution in [0.1, 0.15) is 63.9 Å². The summed E-state index contributed by atoms with van der Waals surface area (Å²) in [6.45, 7) is 6.45. The van der Waals surface area contributed by atoms with Gasteiger partial charge >= 0.3 is 5.97 Å². The molecule has 0 aromatic heterocycles.